The fourth-order valence-electron chi connectivity index (χ4n) is 1.49. The molecule has 0 heterocycles. The molecule has 8 heteroatoms. The van der Waals surface area contributed by atoms with E-state index in [0.717, 1.165) is 5.56 Å². The highest BCUT2D eigenvalue weighted by atomic mass is 19.4. The van der Waals surface area contributed by atoms with Crippen molar-refractivity contribution in [3.8, 4) is 0 Å². The molecule has 0 spiro atoms. The summed E-state index contributed by atoms with van der Waals surface area (Å²) in [6.45, 7) is 1.83. The molecule has 0 bridgehead atoms. The van der Waals surface area contributed by atoms with Crippen molar-refractivity contribution in [1.29, 1.82) is 0 Å². The molecule has 1 atom stereocenters. The molecule has 22 heavy (non-hydrogen) atoms. The Kier molecular flexibility index (Phi) is 6.21. The van der Waals surface area contributed by atoms with Gasteiger partial charge in [0.15, 0.2) is 6.61 Å². The molecule has 122 valence electrons. The average molecular weight is 318 g/mol. The lowest BCUT2D eigenvalue weighted by Crippen LogP contribution is -2.42. The van der Waals surface area contributed by atoms with Gasteiger partial charge in [-0.3, -0.25) is 4.79 Å². The van der Waals surface area contributed by atoms with Gasteiger partial charge < -0.3 is 15.4 Å². The predicted molar refractivity (Wildman–Crippen MR) is 73.5 cm³/mol. The largest absolute Gasteiger partial charge is 0.440 e. The fraction of sp³-hybridized carbons (Fsp3) is 0.429. The van der Waals surface area contributed by atoms with Crippen LogP contribution in [0, 0.1) is 6.92 Å². The Balaban J connectivity index is 2.33. The van der Waals surface area contributed by atoms with E-state index < -0.39 is 24.9 Å². The number of hydrogen-bond acceptors (Lipinski definition) is 3. The summed E-state index contributed by atoms with van der Waals surface area (Å²) in [6.07, 6.45) is -5.75. The van der Waals surface area contributed by atoms with Gasteiger partial charge >= 0.3 is 12.3 Å². The topological polar surface area (TPSA) is 67.4 Å². The lowest BCUT2D eigenvalue weighted by atomic mass is 10.1. The van der Waals surface area contributed by atoms with Gasteiger partial charge in [-0.1, -0.05) is 17.7 Å². The minimum atomic E-state index is -4.57. The Bertz CT molecular complexity index is 515. The number of alkyl halides is 3. The number of nitrogens with one attached hydrogen (secondary N) is 2. The Morgan fingerprint density at radius 2 is 1.82 bits per heavy atom. The molecule has 0 aromatic heterocycles. The lowest BCUT2D eigenvalue weighted by molar-refractivity contribution is -0.160. The first-order chi connectivity index (χ1) is 10.2. The van der Waals surface area contributed by atoms with Crippen LogP contribution in [0.3, 0.4) is 0 Å². The number of carbonyl (C=O) groups excluding carboxylic acids is 2. The van der Waals surface area contributed by atoms with Crippen LogP contribution in [0.5, 0.6) is 0 Å². The minimum Gasteiger partial charge on any atom is -0.440 e. The van der Waals surface area contributed by atoms with Gasteiger partial charge in [0.05, 0.1) is 0 Å². The highest BCUT2D eigenvalue weighted by Crippen LogP contribution is 2.14. The van der Waals surface area contributed by atoms with Crippen molar-refractivity contribution in [2.75, 3.05) is 13.2 Å². The van der Waals surface area contributed by atoms with Gasteiger partial charge in [-0.15, -0.1) is 0 Å². The van der Waals surface area contributed by atoms with E-state index in [4.69, 9.17) is 0 Å². The standard InChI is InChI=1S/C14H17F3N2O3/c1-9-3-5-11(6-4-9)12(20)18-7-10(2)19-13(21)22-8-14(15,16)17/h3-6,10H,7-8H2,1-2H3,(H,18,20)(H,19,21)/t10-/m0/s1. The zero-order valence-electron chi connectivity index (χ0n) is 12.2. The van der Waals surface area contributed by atoms with E-state index in [1.54, 1.807) is 24.3 Å². The molecule has 0 saturated carbocycles. The summed E-state index contributed by atoms with van der Waals surface area (Å²) in [7, 11) is 0. The Morgan fingerprint density at radius 3 is 2.36 bits per heavy atom. The van der Waals surface area contributed by atoms with E-state index >= 15 is 0 Å². The number of aryl methyl sites for hydroxylation is 1. The molecular formula is C14H17F3N2O3. The molecule has 1 aromatic carbocycles. The van der Waals surface area contributed by atoms with Gasteiger partial charge in [0.1, 0.15) is 0 Å². The maximum absolute atomic E-state index is 11.9. The van der Waals surface area contributed by atoms with E-state index in [1.165, 1.54) is 6.92 Å². The van der Waals surface area contributed by atoms with E-state index in [9.17, 15) is 22.8 Å². The SMILES string of the molecule is Cc1ccc(C(=O)NC[C@H](C)NC(=O)OCC(F)(F)F)cc1. The van der Waals surface area contributed by atoms with Gasteiger partial charge in [0.2, 0.25) is 0 Å². The maximum Gasteiger partial charge on any atom is 0.422 e. The van der Waals surface area contributed by atoms with Crippen molar-refractivity contribution in [2.45, 2.75) is 26.1 Å². The molecule has 0 unspecified atom stereocenters. The Hall–Kier alpha value is -2.25. The highest BCUT2D eigenvalue weighted by Gasteiger charge is 2.29. The smallest absolute Gasteiger partial charge is 0.422 e. The molecule has 0 aliphatic heterocycles. The van der Waals surface area contributed by atoms with Crippen molar-refractivity contribution in [3.05, 3.63) is 35.4 Å². The van der Waals surface area contributed by atoms with E-state index in [1.807, 2.05) is 6.92 Å². The second-order valence-electron chi connectivity index (χ2n) is 4.81. The summed E-state index contributed by atoms with van der Waals surface area (Å²) < 4.78 is 39.6. The van der Waals surface area contributed by atoms with E-state index in [0.29, 0.717) is 5.56 Å². The summed E-state index contributed by atoms with van der Waals surface area (Å²) in [5.41, 5.74) is 1.47. The number of benzene rings is 1. The molecule has 0 fully saturated rings. The van der Waals surface area contributed by atoms with Gasteiger partial charge in [-0.25, -0.2) is 4.79 Å². The molecule has 1 aromatic rings. The van der Waals surface area contributed by atoms with Crippen LogP contribution in [0.25, 0.3) is 0 Å². The number of rotatable bonds is 5. The molecule has 5 nitrogen and oxygen atoms in total. The number of halogens is 3. The average Bonchev–Trinajstić information content (AvgIpc) is 2.42. The van der Waals surface area contributed by atoms with E-state index in [2.05, 4.69) is 15.4 Å². The molecule has 0 radical (unpaired) electrons. The Morgan fingerprint density at radius 1 is 1.23 bits per heavy atom. The summed E-state index contributed by atoms with van der Waals surface area (Å²) in [5, 5.41) is 4.76. The normalized spacial score (nSPS) is 12.4. The molecule has 0 saturated heterocycles. The van der Waals surface area contributed by atoms with Crippen molar-refractivity contribution in [1.82, 2.24) is 10.6 Å². The van der Waals surface area contributed by atoms with Gasteiger partial charge in [-0.2, -0.15) is 13.2 Å². The lowest BCUT2D eigenvalue weighted by Gasteiger charge is -2.15. The minimum absolute atomic E-state index is 0.0633. The van der Waals surface area contributed by atoms with Crippen LogP contribution in [-0.4, -0.2) is 37.4 Å². The second-order valence-corrected chi connectivity index (χ2v) is 4.81. The maximum atomic E-state index is 11.9. The van der Waals surface area contributed by atoms with Gasteiger partial charge in [0, 0.05) is 18.2 Å². The zero-order valence-corrected chi connectivity index (χ0v) is 12.2. The van der Waals surface area contributed by atoms with Crippen LogP contribution < -0.4 is 10.6 Å². The van der Waals surface area contributed by atoms with E-state index in [-0.39, 0.29) is 12.5 Å². The van der Waals surface area contributed by atoms with Crippen LogP contribution in [0.15, 0.2) is 24.3 Å². The summed E-state index contributed by atoms with van der Waals surface area (Å²) in [4.78, 5) is 22.9. The number of amides is 2. The predicted octanol–water partition coefficient (Wildman–Crippen LogP) is 2.40. The van der Waals surface area contributed by atoms with Crippen LogP contribution in [-0.2, 0) is 4.74 Å². The number of carbonyl (C=O) groups is 2. The van der Waals surface area contributed by atoms with Gasteiger partial charge in [0.25, 0.3) is 5.91 Å². The third-order valence-electron chi connectivity index (χ3n) is 2.61. The zero-order chi connectivity index (χ0) is 16.8. The molecular weight excluding hydrogens is 301 g/mol. The summed E-state index contributed by atoms with van der Waals surface area (Å²) in [6, 6.07) is 6.30. The van der Waals surface area contributed by atoms with Crippen molar-refractivity contribution in [2.24, 2.45) is 0 Å². The summed E-state index contributed by atoms with van der Waals surface area (Å²) >= 11 is 0. The first-order valence-corrected chi connectivity index (χ1v) is 6.52. The van der Waals surface area contributed by atoms with Crippen molar-refractivity contribution >= 4 is 12.0 Å². The third kappa shape index (κ3) is 6.96. The number of alkyl carbamates (subject to hydrolysis) is 1. The van der Waals surface area contributed by atoms with Crippen molar-refractivity contribution in [3.63, 3.8) is 0 Å². The molecule has 2 amide bonds. The summed E-state index contributed by atoms with van der Waals surface area (Å²) in [5.74, 6) is -0.336. The first-order valence-electron chi connectivity index (χ1n) is 6.52. The fourth-order valence-corrected chi connectivity index (χ4v) is 1.49. The quantitative estimate of drug-likeness (QED) is 0.876. The molecule has 0 aliphatic rings. The molecule has 0 aliphatic carbocycles. The van der Waals surface area contributed by atoms with Crippen LogP contribution in [0.2, 0.25) is 0 Å². The van der Waals surface area contributed by atoms with Crippen LogP contribution in [0.1, 0.15) is 22.8 Å². The van der Waals surface area contributed by atoms with Gasteiger partial charge in [-0.05, 0) is 26.0 Å². The number of hydrogen-bond donors (Lipinski definition) is 2. The van der Waals surface area contributed by atoms with Crippen LogP contribution in [0.4, 0.5) is 18.0 Å². The molecule has 1 rings (SSSR count). The molecule has 2 N–H and O–H groups in total. The van der Waals surface area contributed by atoms with Crippen molar-refractivity contribution < 1.29 is 27.5 Å². The highest BCUT2D eigenvalue weighted by molar-refractivity contribution is 5.94. The number of ether oxygens (including phenoxy) is 1. The second kappa shape index (κ2) is 7.67. The monoisotopic (exact) mass is 318 g/mol. The third-order valence-corrected chi connectivity index (χ3v) is 2.61. The first kappa shape index (κ1) is 17.8. The van der Waals surface area contributed by atoms with Crippen LogP contribution >= 0.6 is 0 Å². The Labute approximate surface area is 125 Å².